The summed E-state index contributed by atoms with van der Waals surface area (Å²) >= 11 is 0. The molecule has 1 N–H and O–H groups in total. The van der Waals surface area contributed by atoms with Crippen molar-refractivity contribution >= 4 is 5.97 Å². The Balaban J connectivity index is 1.51. The first-order chi connectivity index (χ1) is 15.0. The third kappa shape index (κ3) is 4.95. The Labute approximate surface area is 179 Å². The first-order valence-electron chi connectivity index (χ1n) is 10.1. The molecule has 31 heavy (non-hydrogen) atoms. The van der Waals surface area contributed by atoms with Crippen LogP contribution in [0, 0.1) is 11.6 Å². The highest BCUT2D eigenvalue weighted by atomic mass is 19.1. The lowest BCUT2D eigenvalue weighted by Gasteiger charge is -2.40. The molecule has 3 aromatic rings. The molecule has 4 rings (SSSR count). The van der Waals surface area contributed by atoms with Gasteiger partial charge in [0.1, 0.15) is 11.6 Å². The summed E-state index contributed by atoms with van der Waals surface area (Å²) in [6.45, 7) is 3.52. The number of benzene rings is 2. The third-order valence-corrected chi connectivity index (χ3v) is 5.68. The number of hydrogen-bond donors (Lipinski definition) is 1. The van der Waals surface area contributed by atoms with Crippen LogP contribution in [0.5, 0.6) is 0 Å². The molecule has 0 aliphatic carbocycles. The van der Waals surface area contributed by atoms with Crippen LogP contribution < -0.4 is 0 Å². The third-order valence-electron chi connectivity index (χ3n) is 5.68. The zero-order chi connectivity index (χ0) is 21.8. The van der Waals surface area contributed by atoms with Gasteiger partial charge in [-0.25, -0.2) is 13.6 Å². The highest BCUT2D eigenvalue weighted by Crippen LogP contribution is 2.30. The summed E-state index contributed by atoms with van der Waals surface area (Å²) < 4.78 is 27.0. The Hall–Kier alpha value is -3.16. The maximum atomic E-state index is 13.5. The average Bonchev–Trinajstić information content (AvgIpc) is 2.78. The normalized spacial score (nSPS) is 15.3. The number of piperazine rings is 1. The van der Waals surface area contributed by atoms with Gasteiger partial charge in [-0.15, -0.1) is 0 Å². The maximum absolute atomic E-state index is 13.5. The number of halogens is 2. The van der Waals surface area contributed by atoms with Crippen molar-refractivity contribution in [1.29, 1.82) is 0 Å². The fourth-order valence-electron chi connectivity index (χ4n) is 4.08. The fraction of sp³-hybridized carbons (Fsp3) is 0.250. The van der Waals surface area contributed by atoms with E-state index in [1.165, 1.54) is 30.5 Å². The second-order valence-corrected chi connectivity index (χ2v) is 7.66. The van der Waals surface area contributed by atoms with Gasteiger partial charge in [-0.05, 0) is 47.0 Å². The van der Waals surface area contributed by atoms with Crippen molar-refractivity contribution in [2.75, 3.05) is 26.2 Å². The maximum Gasteiger partial charge on any atom is 0.337 e. The van der Waals surface area contributed by atoms with Crippen molar-refractivity contribution in [1.82, 2.24) is 14.8 Å². The lowest BCUT2D eigenvalue weighted by atomic mass is 9.96. The van der Waals surface area contributed by atoms with Gasteiger partial charge in [0.05, 0.1) is 11.6 Å². The molecule has 0 atom stereocenters. The number of carboxylic acid groups (broad SMARTS) is 1. The predicted octanol–water partition coefficient (Wildman–Crippen LogP) is 3.97. The van der Waals surface area contributed by atoms with Crippen LogP contribution >= 0.6 is 0 Å². The molecule has 0 bridgehead atoms. The van der Waals surface area contributed by atoms with Crippen molar-refractivity contribution in [3.63, 3.8) is 0 Å². The molecule has 0 saturated carbocycles. The molecular formula is C24H23F2N3O2. The number of hydrogen-bond acceptors (Lipinski definition) is 4. The van der Waals surface area contributed by atoms with E-state index in [0.717, 1.165) is 42.9 Å². The van der Waals surface area contributed by atoms with Crippen LogP contribution in [0.15, 0.2) is 67.0 Å². The molecular weight excluding hydrogens is 400 g/mol. The van der Waals surface area contributed by atoms with Crippen molar-refractivity contribution < 1.29 is 18.7 Å². The molecule has 1 aromatic heterocycles. The van der Waals surface area contributed by atoms with Crippen molar-refractivity contribution in [3.05, 3.63) is 101 Å². The van der Waals surface area contributed by atoms with Crippen LogP contribution in [-0.2, 0) is 6.54 Å². The minimum atomic E-state index is -0.977. The number of carboxylic acids is 1. The Morgan fingerprint density at radius 3 is 1.97 bits per heavy atom. The topological polar surface area (TPSA) is 56.7 Å². The van der Waals surface area contributed by atoms with Crippen molar-refractivity contribution in [3.8, 4) is 0 Å². The average molecular weight is 423 g/mol. The molecule has 0 unspecified atom stereocenters. The standard InChI is InChI=1S/C24H23F2N3O2/c25-20-5-1-17(2-6-20)23(18-3-7-21(26)8-4-18)29-13-11-28(12-14-29)16-19-9-10-27-15-22(19)24(30)31/h1-10,15,23H,11-14,16H2,(H,30,31). The second kappa shape index (κ2) is 9.32. The highest BCUT2D eigenvalue weighted by Gasteiger charge is 2.27. The molecule has 5 nitrogen and oxygen atoms in total. The molecule has 2 aromatic carbocycles. The summed E-state index contributed by atoms with van der Waals surface area (Å²) in [5, 5.41) is 9.38. The SMILES string of the molecule is O=C(O)c1cnccc1CN1CCN(C(c2ccc(F)cc2)c2ccc(F)cc2)CC1. The molecule has 0 amide bonds. The molecule has 2 heterocycles. The van der Waals surface area contributed by atoms with Gasteiger partial charge in [0.15, 0.2) is 0 Å². The number of aromatic nitrogens is 1. The zero-order valence-electron chi connectivity index (χ0n) is 16.9. The van der Waals surface area contributed by atoms with E-state index in [1.54, 1.807) is 36.5 Å². The predicted molar refractivity (Wildman–Crippen MR) is 113 cm³/mol. The van der Waals surface area contributed by atoms with Gasteiger partial charge in [-0.2, -0.15) is 0 Å². The summed E-state index contributed by atoms with van der Waals surface area (Å²) in [6.07, 6.45) is 2.99. The van der Waals surface area contributed by atoms with Crippen LogP contribution in [-0.4, -0.2) is 52.0 Å². The molecule has 1 fully saturated rings. The van der Waals surface area contributed by atoms with Gasteiger partial charge >= 0.3 is 5.97 Å². The molecule has 1 aliphatic rings. The number of aromatic carboxylic acids is 1. The lowest BCUT2D eigenvalue weighted by Crippen LogP contribution is -2.47. The highest BCUT2D eigenvalue weighted by molar-refractivity contribution is 5.88. The van der Waals surface area contributed by atoms with Crippen molar-refractivity contribution in [2.24, 2.45) is 0 Å². The quantitative estimate of drug-likeness (QED) is 0.650. The number of nitrogens with zero attached hydrogens (tertiary/aromatic N) is 3. The van der Waals surface area contributed by atoms with Crippen molar-refractivity contribution in [2.45, 2.75) is 12.6 Å². The van der Waals surface area contributed by atoms with Gasteiger partial charge in [-0.1, -0.05) is 24.3 Å². The summed E-state index contributed by atoms with van der Waals surface area (Å²) in [5.74, 6) is -1.56. The van der Waals surface area contributed by atoms with Crippen LogP contribution in [0.1, 0.15) is 33.1 Å². The first kappa shape index (κ1) is 21.1. The summed E-state index contributed by atoms with van der Waals surface area (Å²) in [5.41, 5.74) is 2.86. The minimum absolute atomic E-state index is 0.112. The van der Waals surface area contributed by atoms with E-state index in [4.69, 9.17) is 0 Å². The van der Waals surface area contributed by atoms with Gasteiger partial charge in [0.25, 0.3) is 0 Å². The summed E-state index contributed by atoms with van der Waals surface area (Å²) in [7, 11) is 0. The largest absolute Gasteiger partial charge is 0.478 e. The lowest BCUT2D eigenvalue weighted by molar-refractivity contribution is 0.0691. The first-order valence-corrected chi connectivity index (χ1v) is 10.1. The molecule has 1 aliphatic heterocycles. The summed E-state index contributed by atoms with van der Waals surface area (Å²) in [6, 6.07) is 14.5. The Kier molecular flexibility index (Phi) is 6.34. The van der Waals surface area contributed by atoms with E-state index in [2.05, 4.69) is 14.8 Å². The number of carbonyl (C=O) groups is 1. The molecule has 160 valence electrons. The minimum Gasteiger partial charge on any atom is -0.478 e. The van der Waals surface area contributed by atoms with E-state index in [9.17, 15) is 18.7 Å². The molecule has 0 radical (unpaired) electrons. The zero-order valence-corrected chi connectivity index (χ0v) is 16.9. The van der Waals surface area contributed by atoms with Crippen LogP contribution in [0.25, 0.3) is 0 Å². The molecule has 7 heteroatoms. The Bertz CT molecular complexity index is 988. The van der Waals surface area contributed by atoms with E-state index >= 15 is 0 Å². The van der Waals surface area contributed by atoms with E-state index in [0.29, 0.717) is 6.54 Å². The fourth-order valence-corrected chi connectivity index (χ4v) is 4.08. The van der Waals surface area contributed by atoms with Crippen LogP contribution in [0.3, 0.4) is 0 Å². The van der Waals surface area contributed by atoms with Gasteiger partial charge in [-0.3, -0.25) is 14.8 Å². The number of pyridine rings is 1. The second-order valence-electron chi connectivity index (χ2n) is 7.66. The van der Waals surface area contributed by atoms with Crippen LogP contribution in [0.2, 0.25) is 0 Å². The Morgan fingerprint density at radius 2 is 1.45 bits per heavy atom. The van der Waals surface area contributed by atoms with E-state index < -0.39 is 5.97 Å². The Morgan fingerprint density at radius 1 is 0.903 bits per heavy atom. The number of rotatable bonds is 6. The van der Waals surface area contributed by atoms with Gasteiger partial charge in [0.2, 0.25) is 0 Å². The molecule has 1 saturated heterocycles. The smallest absolute Gasteiger partial charge is 0.337 e. The van der Waals surface area contributed by atoms with Gasteiger partial charge in [0, 0.05) is 45.1 Å². The van der Waals surface area contributed by atoms with Crippen LogP contribution in [0.4, 0.5) is 8.78 Å². The van der Waals surface area contributed by atoms with E-state index in [-0.39, 0.29) is 23.2 Å². The summed E-state index contributed by atoms with van der Waals surface area (Å²) in [4.78, 5) is 19.9. The monoisotopic (exact) mass is 423 g/mol. The van der Waals surface area contributed by atoms with Gasteiger partial charge < -0.3 is 5.11 Å². The molecule has 0 spiro atoms. The van der Waals surface area contributed by atoms with E-state index in [1.807, 2.05) is 0 Å².